The first-order chi connectivity index (χ1) is 13.2. The summed E-state index contributed by atoms with van der Waals surface area (Å²) in [6.07, 6.45) is 1.71. The summed E-state index contributed by atoms with van der Waals surface area (Å²) in [6, 6.07) is 1.07. The molecule has 1 aromatic heterocycles. The molecule has 2 aromatic rings. The lowest BCUT2D eigenvalue weighted by atomic mass is 10.0. The number of benzene rings is 1. The summed E-state index contributed by atoms with van der Waals surface area (Å²) in [7, 11) is 0. The van der Waals surface area contributed by atoms with Gasteiger partial charge in [-0.05, 0) is 25.3 Å². The number of rotatable bonds is 4. The summed E-state index contributed by atoms with van der Waals surface area (Å²) in [6.45, 7) is 0.530. The molecule has 1 aromatic carbocycles. The first-order valence-electron chi connectivity index (χ1n) is 8.89. The van der Waals surface area contributed by atoms with Crippen LogP contribution in [0.5, 0.6) is 5.75 Å². The van der Waals surface area contributed by atoms with E-state index in [1.165, 1.54) is 6.20 Å². The maximum Gasteiger partial charge on any atom is 0.511 e. The number of nitrogens with zero attached hydrogens (tertiary/aromatic N) is 2. The van der Waals surface area contributed by atoms with Gasteiger partial charge in [0.1, 0.15) is 5.82 Å². The summed E-state index contributed by atoms with van der Waals surface area (Å²) in [4.78, 5) is 25.2. The zero-order valence-electron chi connectivity index (χ0n) is 14.8. The molecule has 2 fully saturated rings. The van der Waals surface area contributed by atoms with Crippen LogP contribution in [-0.4, -0.2) is 46.2 Å². The number of hydrogen-bond acceptors (Lipinski definition) is 6. The predicted molar refractivity (Wildman–Crippen MR) is 101 cm³/mol. The van der Waals surface area contributed by atoms with E-state index in [1.807, 2.05) is 0 Å². The molecular weight excluding hydrogens is 393 g/mol. The summed E-state index contributed by atoms with van der Waals surface area (Å²) < 4.78 is 21.2. The Hall–Kier alpha value is -2.36. The molecule has 0 radical (unpaired) electrons. The summed E-state index contributed by atoms with van der Waals surface area (Å²) >= 11 is 6.56. The van der Waals surface area contributed by atoms with Crippen LogP contribution in [0, 0.1) is 5.82 Å². The summed E-state index contributed by atoms with van der Waals surface area (Å²) in [5, 5.41) is 19.2. The van der Waals surface area contributed by atoms with Gasteiger partial charge in [0.05, 0.1) is 33.4 Å². The van der Waals surface area contributed by atoms with Crippen molar-refractivity contribution in [2.75, 3.05) is 24.5 Å². The molecule has 1 unspecified atom stereocenters. The van der Waals surface area contributed by atoms with E-state index in [0.717, 1.165) is 18.9 Å². The molecule has 4 N–H and O–H groups in total. The van der Waals surface area contributed by atoms with Crippen LogP contribution in [0.4, 0.5) is 14.9 Å². The number of pyridine rings is 1. The Morgan fingerprint density at radius 2 is 2.18 bits per heavy atom. The second kappa shape index (κ2) is 6.61. The summed E-state index contributed by atoms with van der Waals surface area (Å²) in [5.41, 5.74) is 4.16. The van der Waals surface area contributed by atoms with Crippen LogP contribution in [-0.2, 0) is 0 Å². The minimum Gasteiger partial charge on any atom is -0.449 e. The highest BCUT2D eigenvalue weighted by atomic mass is 35.5. The Kier molecular flexibility index (Phi) is 4.48. The third-order valence-corrected chi connectivity index (χ3v) is 5.68. The fourth-order valence-electron chi connectivity index (χ4n) is 3.72. The number of carbonyl (C=O) groups is 1. The average molecular weight is 412 g/mol. The van der Waals surface area contributed by atoms with E-state index < -0.39 is 28.8 Å². The number of aromatic nitrogens is 1. The van der Waals surface area contributed by atoms with Crippen LogP contribution >= 0.6 is 11.6 Å². The fraction of sp³-hybridized carbons (Fsp3) is 0.444. The number of carboxylic acid groups (broad SMARTS) is 1. The number of fused-ring (bicyclic) bond motifs is 1. The van der Waals surface area contributed by atoms with Crippen molar-refractivity contribution in [1.82, 2.24) is 4.57 Å². The van der Waals surface area contributed by atoms with Crippen molar-refractivity contribution in [2.45, 2.75) is 30.9 Å². The molecule has 2 heterocycles. The first-order valence-corrected chi connectivity index (χ1v) is 9.27. The number of hydrogen-bond donors (Lipinski definition) is 3. The van der Waals surface area contributed by atoms with Crippen molar-refractivity contribution in [3.63, 3.8) is 0 Å². The monoisotopic (exact) mass is 411 g/mol. The highest BCUT2D eigenvalue weighted by molar-refractivity contribution is 6.38. The van der Waals surface area contributed by atoms with Crippen LogP contribution in [0.1, 0.15) is 25.3 Å². The van der Waals surface area contributed by atoms with Gasteiger partial charge in [-0.15, -0.1) is 0 Å². The van der Waals surface area contributed by atoms with E-state index in [9.17, 15) is 19.1 Å². The van der Waals surface area contributed by atoms with Gasteiger partial charge in [0, 0.05) is 25.7 Å². The predicted octanol–water partition coefficient (Wildman–Crippen LogP) is 2.09. The van der Waals surface area contributed by atoms with Crippen molar-refractivity contribution in [2.24, 2.45) is 5.73 Å². The molecule has 2 aliphatic rings. The standard InChI is InChI=1S/C18H19ClFN3O5/c19-13-14-10(5-11(20)15(13)22-4-3-18(27,7-21)8-22)16(24)12(28-17(25)26)6-23(14)9-1-2-9/h5-6,9,27H,1-4,7-8,21H2,(H,25,26). The molecule has 1 atom stereocenters. The molecule has 28 heavy (non-hydrogen) atoms. The van der Waals surface area contributed by atoms with Gasteiger partial charge < -0.3 is 30.2 Å². The normalized spacial score (nSPS) is 22.1. The van der Waals surface area contributed by atoms with E-state index in [4.69, 9.17) is 22.4 Å². The van der Waals surface area contributed by atoms with Crippen molar-refractivity contribution in [3.8, 4) is 5.75 Å². The highest BCUT2D eigenvalue weighted by Crippen LogP contribution is 2.43. The number of aliphatic hydroxyl groups is 1. The largest absolute Gasteiger partial charge is 0.511 e. The molecule has 150 valence electrons. The van der Waals surface area contributed by atoms with Crippen LogP contribution in [0.25, 0.3) is 10.9 Å². The molecule has 8 nitrogen and oxygen atoms in total. The van der Waals surface area contributed by atoms with Gasteiger partial charge in [0.25, 0.3) is 0 Å². The van der Waals surface area contributed by atoms with Gasteiger partial charge in [-0.1, -0.05) is 11.6 Å². The minimum atomic E-state index is -1.62. The Morgan fingerprint density at radius 3 is 2.75 bits per heavy atom. The third kappa shape index (κ3) is 3.09. The van der Waals surface area contributed by atoms with Gasteiger partial charge >= 0.3 is 6.16 Å². The maximum absolute atomic E-state index is 15.0. The lowest BCUT2D eigenvalue weighted by Gasteiger charge is -2.25. The molecule has 1 saturated heterocycles. The Morgan fingerprint density at radius 1 is 1.46 bits per heavy atom. The molecule has 4 rings (SSSR count). The fourth-order valence-corrected chi connectivity index (χ4v) is 4.13. The third-order valence-electron chi connectivity index (χ3n) is 5.32. The van der Waals surface area contributed by atoms with E-state index in [1.54, 1.807) is 9.47 Å². The molecule has 10 heteroatoms. The average Bonchev–Trinajstić information content (AvgIpc) is 3.40. The quantitative estimate of drug-likeness (QED) is 0.659. The van der Waals surface area contributed by atoms with E-state index in [2.05, 4.69) is 4.74 Å². The second-order valence-electron chi connectivity index (χ2n) is 7.35. The zero-order chi connectivity index (χ0) is 20.2. The molecule has 0 bridgehead atoms. The maximum atomic E-state index is 15.0. The van der Waals surface area contributed by atoms with Gasteiger partial charge in [-0.3, -0.25) is 4.79 Å². The molecule has 1 saturated carbocycles. The van der Waals surface area contributed by atoms with Gasteiger partial charge in [0.2, 0.25) is 5.43 Å². The Balaban J connectivity index is 1.92. The van der Waals surface area contributed by atoms with Crippen molar-refractivity contribution in [1.29, 1.82) is 0 Å². The highest BCUT2D eigenvalue weighted by Gasteiger charge is 2.38. The van der Waals surface area contributed by atoms with Crippen LogP contribution in [0.3, 0.4) is 0 Å². The second-order valence-corrected chi connectivity index (χ2v) is 7.72. The van der Waals surface area contributed by atoms with Crippen LogP contribution in [0.2, 0.25) is 5.02 Å². The topological polar surface area (TPSA) is 118 Å². The number of anilines is 1. The Labute approximate surface area is 163 Å². The van der Waals surface area contributed by atoms with E-state index in [0.29, 0.717) is 18.5 Å². The SMILES string of the molecule is NCC1(O)CCN(c2c(F)cc3c(=O)c(OC(=O)O)cn(C4CC4)c3c2Cl)C1. The number of nitrogens with two attached hydrogens (primary N) is 1. The van der Waals surface area contributed by atoms with Crippen LogP contribution < -0.4 is 20.8 Å². The minimum absolute atomic E-state index is 0.0228. The molecule has 0 spiro atoms. The van der Waals surface area contributed by atoms with Crippen molar-refractivity contribution < 1.29 is 24.1 Å². The van der Waals surface area contributed by atoms with Crippen molar-refractivity contribution in [3.05, 3.63) is 33.3 Å². The number of ether oxygens (including phenoxy) is 1. The molecular formula is C18H19ClFN3O5. The Bertz CT molecular complexity index is 1040. The van der Waals surface area contributed by atoms with E-state index in [-0.39, 0.29) is 35.2 Å². The zero-order valence-corrected chi connectivity index (χ0v) is 15.6. The smallest absolute Gasteiger partial charge is 0.449 e. The van der Waals surface area contributed by atoms with Crippen molar-refractivity contribution >= 4 is 34.3 Å². The first kappa shape index (κ1) is 19.0. The molecule has 0 amide bonds. The number of halogens is 2. The molecule has 1 aliphatic heterocycles. The number of β-amino-alcohol motifs (C(OH)–C–C–N with tert-alkyl or cyclic N) is 1. The van der Waals surface area contributed by atoms with Crippen LogP contribution in [0.15, 0.2) is 17.1 Å². The molecule has 1 aliphatic carbocycles. The van der Waals surface area contributed by atoms with Gasteiger partial charge in [0.15, 0.2) is 5.75 Å². The lowest BCUT2D eigenvalue weighted by molar-refractivity contribution is 0.0725. The lowest BCUT2D eigenvalue weighted by Crippen LogP contribution is -2.40. The summed E-state index contributed by atoms with van der Waals surface area (Å²) in [5.74, 6) is -1.13. The van der Waals surface area contributed by atoms with Gasteiger partial charge in [-0.25, -0.2) is 9.18 Å². The van der Waals surface area contributed by atoms with Gasteiger partial charge in [-0.2, -0.15) is 0 Å². The van der Waals surface area contributed by atoms with E-state index >= 15 is 0 Å².